The molecule has 2 saturated heterocycles. The number of likely N-dealkylation sites (N-methyl/N-ethyl adjacent to an activating group) is 1. The van der Waals surface area contributed by atoms with Crippen molar-refractivity contribution in [3.63, 3.8) is 0 Å². The van der Waals surface area contributed by atoms with Crippen LogP contribution in [-0.4, -0.2) is 72.5 Å². The number of likely N-dealkylation sites (tertiary alicyclic amines) is 2. The van der Waals surface area contributed by atoms with Gasteiger partial charge in [0.05, 0.1) is 5.56 Å². The Labute approximate surface area is 144 Å². The number of carbonyl (C=O) groups excluding carboxylic acids is 1. The molecule has 1 aromatic rings. The van der Waals surface area contributed by atoms with Crippen molar-refractivity contribution in [3.8, 4) is 0 Å². The maximum Gasteiger partial charge on any atom is 0.254 e. The summed E-state index contributed by atoms with van der Waals surface area (Å²) < 4.78 is 0. The number of fused-ring (bicyclic) bond motifs is 1. The second kappa shape index (κ2) is 6.91. The highest BCUT2D eigenvalue weighted by molar-refractivity contribution is 7.08. The van der Waals surface area contributed by atoms with Crippen molar-refractivity contribution in [2.24, 2.45) is 5.92 Å². The van der Waals surface area contributed by atoms with E-state index >= 15 is 0 Å². The van der Waals surface area contributed by atoms with Crippen molar-refractivity contribution < 1.29 is 4.79 Å². The van der Waals surface area contributed by atoms with Gasteiger partial charge in [-0.15, -0.1) is 0 Å². The van der Waals surface area contributed by atoms with Gasteiger partial charge in [0, 0.05) is 43.1 Å². The van der Waals surface area contributed by atoms with Crippen LogP contribution in [0.25, 0.3) is 0 Å². The topological polar surface area (TPSA) is 26.8 Å². The first-order valence-electron chi connectivity index (χ1n) is 8.71. The van der Waals surface area contributed by atoms with E-state index < -0.39 is 0 Å². The minimum Gasteiger partial charge on any atom is -0.338 e. The molecule has 4 nitrogen and oxygen atoms in total. The smallest absolute Gasteiger partial charge is 0.254 e. The molecule has 0 saturated carbocycles. The van der Waals surface area contributed by atoms with E-state index in [1.165, 1.54) is 6.42 Å². The van der Waals surface area contributed by atoms with Crippen molar-refractivity contribution in [2.75, 3.05) is 33.7 Å². The van der Waals surface area contributed by atoms with E-state index in [9.17, 15) is 4.79 Å². The lowest BCUT2D eigenvalue weighted by molar-refractivity contribution is 0.0522. The molecule has 3 atom stereocenters. The quantitative estimate of drug-likeness (QED) is 0.846. The van der Waals surface area contributed by atoms with Crippen LogP contribution in [0.5, 0.6) is 0 Å². The molecule has 0 unspecified atom stereocenters. The number of hydrogen-bond donors (Lipinski definition) is 0. The van der Waals surface area contributed by atoms with Crippen LogP contribution >= 0.6 is 11.3 Å². The van der Waals surface area contributed by atoms with Crippen LogP contribution in [0.3, 0.4) is 0 Å². The second-order valence-corrected chi connectivity index (χ2v) is 8.35. The van der Waals surface area contributed by atoms with Crippen molar-refractivity contribution in [1.82, 2.24) is 14.7 Å². The number of thiophene rings is 1. The third-order valence-electron chi connectivity index (χ3n) is 5.30. The molecule has 5 heteroatoms. The van der Waals surface area contributed by atoms with Gasteiger partial charge in [0.2, 0.25) is 0 Å². The summed E-state index contributed by atoms with van der Waals surface area (Å²) in [6.07, 6.45) is 2.33. The normalized spacial score (nSPS) is 28.6. The molecule has 2 fully saturated rings. The molecule has 0 aliphatic carbocycles. The predicted molar refractivity (Wildman–Crippen MR) is 96.1 cm³/mol. The number of hydrogen-bond acceptors (Lipinski definition) is 4. The molecule has 0 aromatic carbocycles. The minimum absolute atomic E-state index is 0.219. The van der Waals surface area contributed by atoms with Crippen molar-refractivity contribution in [2.45, 2.75) is 44.8 Å². The lowest BCUT2D eigenvalue weighted by Gasteiger charge is -2.40. The molecular weight excluding hydrogens is 306 g/mol. The molecule has 1 aromatic heterocycles. The molecule has 0 radical (unpaired) electrons. The fourth-order valence-electron chi connectivity index (χ4n) is 4.53. The Morgan fingerprint density at radius 2 is 2.22 bits per heavy atom. The van der Waals surface area contributed by atoms with E-state index in [1.54, 1.807) is 11.3 Å². The summed E-state index contributed by atoms with van der Waals surface area (Å²) in [6.45, 7) is 7.56. The third-order valence-corrected chi connectivity index (χ3v) is 5.98. The van der Waals surface area contributed by atoms with Gasteiger partial charge in [0.1, 0.15) is 0 Å². The number of nitrogens with zero attached hydrogens (tertiary/aromatic N) is 3. The van der Waals surface area contributed by atoms with E-state index in [0.29, 0.717) is 24.0 Å². The van der Waals surface area contributed by atoms with Crippen LogP contribution in [0.1, 0.15) is 37.0 Å². The summed E-state index contributed by atoms with van der Waals surface area (Å²) in [5, 5.41) is 3.96. The van der Waals surface area contributed by atoms with Gasteiger partial charge in [0.25, 0.3) is 5.91 Å². The number of carbonyl (C=O) groups is 1. The van der Waals surface area contributed by atoms with Crippen molar-refractivity contribution in [1.29, 1.82) is 0 Å². The van der Waals surface area contributed by atoms with Crippen LogP contribution in [0.4, 0.5) is 0 Å². The van der Waals surface area contributed by atoms with Crippen molar-refractivity contribution in [3.05, 3.63) is 22.4 Å². The molecule has 1 amide bonds. The predicted octanol–water partition coefficient (Wildman–Crippen LogP) is 2.62. The summed E-state index contributed by atoms with van der Waals surface area (Å²) >= 11 is 1.60. The van der Waals surface area contributed by atoms with E-state index in [4.69, 9.17) is 0 Å². The maximum absolute atomic E-state index is 12.6. The van der Waals surface area contributed by atoms with Gasteiger partial charge in [0.15, 0.2) is 0 Å². The van der Waals surface area contributed by atoms with Crippen molar-refractivity contribution >= 4 is 17.2 Å². The monoisotopic (exact) mass is 335 g/mol. The standard InChI is InChI=1S/C18H29N3OS/c1-13(2)21-16(11-19(3)4)9-15-10-20(7-5-17(15)21)18(22)14-6-8-23-12-14/h6,8,12-13,15-17H,5,7,9-11H2,1-4H3/t15-,16+,17+/m1/s1. The number of piperidine rings is 1. The Morgan fingerprint density at radius 1 is 1.43 bits per heavy atom. The Kier molecular flexibility index (Phi) is 5.09. The molecule has 3 rings (SSSR count). The molecule has 0 spiro atoms. The highest BCUT2D eigenvalue weighted by Crippen LogP contribution is 2.37. The second-order valence-electron chi connectivity index (χ2n) is 7.57. The molecule has 2 aliphatic heterocycles. The van der Waals surface area contributed by atoms with Gasteiger partial charge >= 0.3 is 0 Å². The Balaban J connectivity index is 1.70. The van der Waals surface area contributed by atoms with Gasteiger partial charge in [-0.05, 0) is 58.1 Å². The molecule has 0 N–H and O–H groups in total. The molecule has 23 heavy (non-hydrogen) atoms. The SMILES string of the molecule is CC(C)N1[C@H](CN(C)C)C[C@@H]2CN(C(=O)c3ccsc3)CC[C@@H]21. The van der Waals surface area contributed by atoms with E-state index in [0.717, 1.165) is 31.6 Å². The number of rotatable bonds is 4. The van der Waals surface area contributed by atoms with Crippen LogP contribution in [0.15, 0.2) is 16.8 Å². The lowest BCUT2D eigenvalue weighted by atomic mass is 9.91. The van der Waals surface area contributed by atoms with E-state index in [-0.39, 0.29) is 5.91 Å². The Morgan fingerprint density at radius 3 is 2.83 bits per heavy atom. The van der Waals surface area contributed by atoms with Crippen LogP contribution < -0.4 is 0 Å². The Bertz CT molecular complexity index is 528. The number of amides is 1. The van der Waals surface area contributed by atoms with Crippen LogP contribution in [0, 0.1) is 5.92 Å². The summed E-state index contributed by atoms with van der Waals surface area (Å²) in [5.41, 5.74) is 0.858. The first-order valence-corrected chi connectivity index (χ1v) is 9.65. The Hall–Kier alpha value is -0.910. The zero-order valence-corrected chi connectivity index (χ0v) is 15.6. The first-order chi connectivity index (χ1) is 11.0. The zero-order valence-electron chi connectivity index (χ0n) is 14.7. The molecule has 0 bridgehead atoms. The largest absolute Gasteiger partial charge is 0.338 e. The summed E-state index contributed by atoms with van der Waals surface area (Å²) in [5.74, 6) is 0.843. The van der Waals surface area contributed by atoms with Gasteiger partial charge in [-0.25, -0.2) is 0 Å². The van der Waals surface area contributed by atoms with E-state index in [2.05, 4.69) is 42.6 Å². The van der Waals surface area contributed by atoms with Crippen LogP contribution in [-0.2, 0) is 0 Å². The van der Waals surface area contributed by atoms with Gasteiger partial charge in [-0.1, -0.05) is 0 Å². The highest BCUT2D eigenvalue weighted by atomic mass is 32.1. The summed E-state index contributed by atoms with van der Waals surface area (Å²) in [6, 6.07) is 3.79. The van der Waals surface area contributed by atoms with Gasteiger partial charge in [-0.3, -0.25) is 9.69 Å². The fourth-order valence-corrected chi connectivity index (χ4v) is 5.16. The summed E-state index contributed by atoms with van der Waals surface area (Å²) in [7, 11) is 4.32. The van der Waals surface area contributed by atoms with Gasteiger partial charge in [-0.2, -0.15) is 11.3 Å². The van der Waals surface area contributed by atoms with E-state index in [1.807, 2.05) is 16.8 Å². The molecule has 128 valence electrons. The minimum atomic E-state index is 0.219. The lowest BCUT2D eigenvalue weighted by Crippen LogP contribution is -2.51. The fraction of sp³-hybridized carbons (Fsp3) is 0.722. The average molecular weight is 336 g/mol. The molecular formula is C18H29N3OS. The third kappa shape index (κ3) is 3.47. The zero-order chi connectivity index (χ0) is 16.6. The summed E-state index contributed by atoms with van der Waals surface area (Å²) in [4.78, 5) is 19.7. The average Bonchev–Trinajstić information content (AvgIpc) is 3.12. The molecule has 2 aliphatic rings. The highest BCUT2D eigenvalue weighted by Gasteiger charge is 2.45. The first kappa shape index (κ1) is 16.9. The maximum atomic E-state index is 12.6. The van der Waals surface area contributed by atoms with Gasteiger partial charge < -0.3 is 9.80 Å². The van der Waals surface area contributed by atoms with Crippen LogP contribution in [0.2, 0.25) is 0 Å². The molecule has 3 heterocycles.